The lowest BCUT2D eigenvalue weighted by Gasteiger charge is -2.21. The number of benzene rings is 2. The molecule has 2 aromatic carbocycles. The smallest absolute Gasteiger partial charge is 0.134 e. The van der Waals surface area contributed by atoms with E-state index in [1.165, 1.54) is 5.56 Å². The van der Waals surface area contributed by atoms with Gasteiger partial charge in [-0.3, -0.25) is 0 Å². The molecule has 1 heterocycles. The van der Waals surface area contributed by atoms with Gasteiger partial charge in [0, 0.05) is 5.56 Å². The summed E-state index contributed by atoms with van der Waals surface area (Å²) in [5.74, 6) is 4.35. The minimum atomic E-state index is -0.200. The Morgan fingerprint density at radius 1 is 0.897 bits per heavy atom. The van der Waals surface area contributed by atoms with Crippen molar-refractivity contribution in [3.63, 3.8) is 0 Å². The summed E-state index contributed by atoms with van der Waals surface area (Å²) in [7, 11) is 1.67. The lowest BCUT2D eigenvalue weighted by molar-refractivity contribution is 0.131. The maximum absolute atomic E-state index is 5.96. The lowest BCUT2D eigenvalue weighted by atomic mass is 10.1. The van der Waals surface area contributed by atoms with Crippen LogP contribution in [0.4, 0.5) is 0 Å². The Balaban J connectivity index is 1.51. The van der Waals surface area contributed by atoms with Gasteiger partial charge in [-0.1, -0.05) is 12.1 Å². The van der Waals surface area contributed by atoms with Crippen molar-refractivity contribution in [2.24, 2.45) is 0 Å². The van der Waals surface area contributed by atoms with Gasteiger partial charge in [-0.2, -0.15) is 0 Å². The van der Waals surface area contributed by atoms with Gasteiger partial charge in [-0.05, 0) is 88.6 Å². The Morgan fingerprint density at radius 2 is 1.62 bits per heavy atom. The molecule has 0 radical (unpaired) electrons. The van der Waals surface area contributed by atoms with Gasteiger partial charge >= 0.3 is 0 Å². The van der Waals surface area contributed by atoms with Crippen molar-refractivity contribution in [2.45, 2.75) is 46.1 Å². The molecule has 0 saturated heterocycles. The van der Waals surface area contributed by atoms with Crippen LogP contribution in [0.15, 0.2) is 59.0 Å². The molecule has 154 valence electrons. The summed E-state index contributed by atoms with van der Waals surface area (Å²) in [5, 5.41) is 0. The number of aryl methyl sites for hydroxylation is 2. The van der Waals surface area contributed by atoms with E-state index in [1.54, 1.807) is 7.11 Å². The first-order valence-electron chi connectivity index (χ1n) is 10.00. The SMILES string of the molecule is COc1cccc(-c2cc(CCCOc3ccc(OC(C)(C)C)cc3)c(C)o2)c1. The number of methoxy groups -OCH3 is 1. The number of hydrogen-bond donors (Lipinski definition) is 0. The van der Waals surface area contributed by atoms with Crippen molar-refractivity contribution in [3.8, 4) is 28.6 Å². The maximum atomic E-state index is 5.96. The van der Waals surface area contributed by atoms with Gasteiger partial charge < -0.3 is 18.6 Å². The summed E-state index contributed by atoms with van der Waals surface area (Å²) in [4.78, 5) is 0. The van der Waals surface area contributed by atoms with Crippen LogP contribution in [0, 0.1) is 6.92 Å². The molecule has 0 aliphatic rings. The molecule has 0 bridgehead atoms. The number of rotatable bonds is 8. The lowest BCUT2D eigenvalue weighted by Crippen LogP contribution is -2.22. The van der Waals surface area contributed by atoms with Crippen molar-refractivity contribution in [3.05, 3.63) is 65.9 Å². The van der Waals surface area contributed by atoms with Gasteiger partial charge in [-0.15, -0.1) is 0 Å². The van der Waals surface area contributed by atoms with Crippen molar-refractivity contribution in [1.29, 1.82) is 0 Å². The zero-order chi connectivity index (χ0) is 20.9. The Hall–Kier alpha value is -2.88. The van der Waals surface area contributed by atoms with Crippen LogP contribution in [-0.2, 0) is 6.42 Å². The molecule has 0 aliphatic carbocycles. The average molecular weight is 395 g/mol. The van der Waals surface area contributed by atoms with Crippen LogP contribution < -0.4 is 14.2 Å². The van der Waals surface area contributed by atoms with E-state index >= 15 is 0 Å². The molecule has 29 heavy (non-hydrogen) atoms. The molecule has 4 nitrogen and oxygen atoms in total. The molecule has 0 fully saturated rings. The van der Waals surface area contributed by atoms with Crippen LogP contribution in [0.1, 0.15) is 38.5 Å². The van der Waals surface area contributed by atoms with Crippen LogP contribution in [0.5, 0.6) is 17.2 Å². The second kappa shape index (κ2) is 9.08. The molecule has 0 atom stereocenters. The van der Waals surface area contributed by atoms with E-state index in [1.807, 2.05) is 76.2 Å². The molecule has 0 amide bonds. The summed E-state index contributed by atoms with van der Waals surface area (Å²) < 4.78 is 23.0. The van der Waals surface area contributed by atoms with E-state index < -0.39 is 0 Å². The fourth-order valence-electron chi connectivity index (χ4n) is 3.10. The minimum Gasteiger partial charge on any atom is -0.497 e. The normalized spacial score (nSPS) is 11.3. The quantitative estimate of drug-likeness (QED) is 0.412. The molecular formula is C25H30O4. The summed E-state index contributed by atoms with van der Waals surface area (Å²) in [5.41, 5.74) is 2.03. The van der Waals surface area contributed by atoms with E-state index in [2.05, 4.69) is 6.07 Å². The van der Waals surface area contributed by atoms with E-state index in [0.29, 0.717) is 6.61 Å². The second-order valence-corrected chi connectivity index (χ2v) is 8.06. The number of hydrogen-bond acceptors (Lipinski definition) is 4. The zero-order valence-electron chi connectivity index (χ0n) is 18.0. The molecule has 0 spiro atoms. The Labute approximate surface area is 173 Å². The molecule has 1 aromatic heterocycles. The van der Waals surface area contributed by atoms with Gasteiger partial charge in [-0.25, -0.2) is 0 Å². The predicted octanol–water partition coefficient (Wildman–Crippen LogP) is 6.45. The van der Waals surface area contributed by atoms with Gasteiger partial charge in [0.1, 0.15) is 34.4 Å². The van der Waals surface area contributed by atoms with Crippen LogP contribution in [0.25, 0.3) is 11.3 Å². The van der Waals surface area contributed by atoms with Crippen molar-refractivity contribution < 1.29 is 18.6 Å². The number of ether oxygens (including phenoxy) is 3. The standard InChI is InChI=1S/C25H30O4/c1-18-19(17-24(28-18)20-8-6-10-23(16-20)26-5)9-7-15-27-21-11-13-22(14-12-21)29-25(2,3)4/h6,8,10-14,16-17H,7,9,15H2,1-5H3. The van der Waals surface area contributed by atoms with Gasteiger partial charge in [0.25, 0.3) is 0 Å². The molecule has 0 N–H and O–H groups in total. The minimum absolute atomic E-state index is 0.200. The van der Waals surface area contributed by atoms with Crippen molar-refractivity contribution in [2.75, 3.05) is 13.7 Å². The third kappa shape index (κ3) is 6.05. The van der Waals surface area contributed by atoms with Crippen LogP contribution >= 0.6 is 0 Å². The summed E-state index contributed by atoms with van der Waals surface area (Å²) in [6, 6.07) is 17.8. The molecule has 3 aromatic rings. The average Bonchev–Trinajstić information content (AvgIpc) is 3.06. The third-order valence-electron chi connectivity index (χ3n) is 4.48. The molecule has 4 heteroatoms. The van der Waals surface area contributed by atoms with Crippen LogP contribution in [-0.4, -0.2) is 19.3 Å². The topological polar surface area (TPSA) is 40.8 Å². The van der Waals surface area contributed by atoms with E-state index in [9.17, 15) is 0 Å². The van der Waals surface area contributed by atoms with Crippen molar-refractivity contribution >= 4 is 0 Å². The Bertz CT molecular complexity index is 917. The van der Waals surface area contributed by atoms with E-state index in [4.69, 9.17) is 18.6 Å². The van der Waals surface area contributed by atoms with E-state index in [0.717, 1.165) is 47.2 Å². The first-order valence-corrected chi connectivity index (χ1v) is 10.00. The highest BCUT2D eigenvalue weighted by Gasteiger charge is 2.12. The predicted molar refractivity (Wildman–Crippen MR) is 116 cm³/mol. The van der Waals surface area contributed by atoms with Crippen LogP contribution in [0.3, 0.4) is 0 Å². The summed E-state index contributed by atoms with van der Waals surface area (Å²) in [6.07, 6.45) is 1.82. The first-order chi connectivity index (χ1) is 13.8. The van der Waals surface area contributed by atoms with Gasteiger partial charge in [0.15, 0.2) is 0 Å². The van der Waals surface area contributed by atoms with Crippen LogP contribution in [0.2, 0.25) is 0 Å². The Kier molecular flexibility index (Phi) is 6.53. The first kappa shape index (κ1) is 20.8. The highest BCUT2D eigenvalue weighted by Crippen LogP contribution is 2.29. The summed E-state index contributed by atoms with van der Waals surface area (Å²) >= 11 is 0. The van der Waals surface area contributed by atoms with Gasteiger partial charge in [0.2, 0.25) is 0 Å². The second-order valence-electron chi connectivity index (χ2n) is 8.06. The third-order valence-corrected chi connectivity index (χ3v) is 4.48. The fourth-order valence-corrected chi connectivity index (χ4v) is 3.10. The highest BCUT2D eigenvalue weighted by molar-refractivity contribution is 5.61. The molecular weight excluding hydrogens is 364 g/mol. The maximum Gasteiger partial charge on any atom is 0.134 e. The molecule has 3 rings (SSSR count). The fraction of sp³-hybridized carbons (Fsp3) is 0.360. The highest BCUT2D eigenvalue weighted by atomic mass is 16.5. The summed E-state index contributed by atoms with van der Waals surface area (Å²) in [6.45, 7) is 8.77. The molecule has 0 unspecified atom stereocenters. The number of furan rings is 1. The van der Waals surface area contributed by atoms with Gasteiger partial charge in [0.05, 0.1) is 13.7 Å². The van der Waals surface area contributed by atoms with Crippen molar-refractivity contribution in [1.82, 2.24) is 0 Å². The largest absolute Gasteiger partial charge is 0.497 e. The Morgan fingerprint density at radius 3 is 2.31 bits per heavy atom. The van der Waals surface area contributed by atoms with E-state index in [-0.39, 0.29) is 5.60 Å². The molecule has 0 saturated carbocycles. The zero-order valence-corrected chi connectivity index (χ0v) is 18.0. The molecule has 0 aliphatic heterocycles. The monoisotopic (exact) mass is 394 g/mol.